The minimum atomic E-state index is -1.79. The zero-order chi connectivity index (χ0) is 57.4. The van der Waals surface area contributed by atoms with Crippen LogP contribution in [0.4, 0.5) is 0 Å². The van der Waals surface area contributed by atoms with Gasteiger partial charge in [0, 0.05) is 6.42 Å². The minimum absolute atomic E-state index is 0.182. The van der Waals surface area contributed by atoms with E-state index in [4.69, 9.17) is 18.9 Å². The summed E-state index contributed by atoms with van der Waals surface area (Å²) >= 11 is 0. The zero-order valence-electron chi connectivity index (χ0n) is 49.9. The van der Waals surface area contributed by atoms with Crippen molar-refractivity contribution in [3.8, 4) is 0 Å². The highest BCUT2D eigenvalue weighted by atomic mass is 16.7. The van der Waals surface area contributed by atoms with E-state index < -0.39 is 86.8 Å². The van der Waals surface area contributed by atoms with Crippen LogP contribution < -0.4 is 5.32 Å². The Labute approximate surface area is 480 Å². The van der Waals surface area contributed by atoms with Gasteiger partial charge in [-0.2, -0.15) is 0 Å². The quantitative estimate of drug-likeness (QED) is 0.0204. The maximum absolute atomic E-state index is 13.2. The maximum Gasteiger partial charge on any atom is 0.220 e. The maximum atomic E-state index is 13.2. The van der Waals surface area contributed by atoms with Gasteiger partial charge in [-0.05, 0) is 38.5 Å². The third-order valence-electron chi connectivity index (χ3n) is 15.8. The van der Waals surface area contributed by atoms with Crippen LogP contribution in [0.3, 0.4) is 0 Å². The molecular weight excluding hydrogens is 1000 g/mol. The van der Waals surface area contributed by atoms with Gasteiger partial charge in [0.25, 0.3) is 0 Å². The monoisotopic (exact) mass is 1120 g/mol. The molecule has 0 aromatic carbocycles. The smallest absolute Gasteiger partial charge is 0.220 e. The molecule has 12 unspecified atom stereocenters. The molecule has 79 heavy (non-hydrogen) atoms. The van der Waals surface area contributed by atoms with Gasteiger partial charge in [0.2, 0.25) is 5.91 Å². The van der Waals surface area contributed by atoms with Crippen molar-refractivity contribution in [2.45, 2.75) is 338 Å². The first-order valence-electron chi connectivity index (χ1n) is 32.4. The summed E-state index contributed by atoms with van der Waals surface area (Å²) in [7, 11) is 0. The van der Waals surface area contributed by atoms with E-state index in [0.29, 0.717) is 12.8 Å². The van der Waals surface area contributed by atoms with Gasteiger partial charge < -0.3 is 65.1 Å². The second-order valence-electron chi connectivity index (χ2n) is 22.9. The van der Waals surface area contributed by atoms with Crippen molar-refractivity contribution in [2.24, 2.45) is 0 Å². The molecule has 12 atom stereocenters. The Hall–Kier alpha value is -2.05. The molecule has 0 bridgehead atoms. The van der Waals surface area contributed by atoms with Gasteiger partial charge in [-0.25, -0.2) is 0 Å². The van der Waals surface area contributed by atoms with E-state index in [1.54, 1.807) is 0 Å². The molecule has 0 spiro atoms. The van der Waals surface area contributed by atoms with Gasteiger partial charge in [-0.1, -0.05) is 268 Å². The lowest BCUT2D eigenvalue weighted by Crippen LogP contribution is -2.65. The third kappa shape index (κ3) is 35.6. The van der Waals surface area contributed by atoms with Crippen LogP contribution in [0.25, 0.3) is 0 Å². The van der Waals surface area contributed by atoms with Gasteiger partial charge in [-0.3, -0.25) is 4.79 Å². The van der Waals surface area contributed by atoms with Crippen LogP contribution in [0.5, 0.6) is 0 Å². The number of unbranched alkanes of at least 4 members (excludes halogenated alkanes) is 31. The molecule has 2 heterocycles. The molecule has 2 fully saturated rings. The van der Waals surface area contributed by atoms with Gasteiger partial charge >= 0.3 is 0 Å². The molecule has 462 valence electrons. The number of aliphatic hydroxyl groups is 8. The lowest BCUT2D eigenvalue weighted by Gasteiger charge is -2.46. The number of carbonyl (C=O) groups is 1. The number of rotatable bonds is 52. The minimum Gasteiger partial charge on any atom is -0.394 e. The second-order valence-corrected chi connectivity index (χ2v) is 22.9. The normalized spacial score (nSPS) is 24.7. The van der Waals surface area contributed by atoms with Crippen molar-refractivity contribution in [1.82, 2.24) is 5.32 Å². The first kappa shape index (κ1) is 73.1. The fourth-order valence-corrected chi connectivity index (χ4v) is 10.7. The topological polar surface area (TPSA) is 228 Å². The van der Waals surface area contributed by atoms with E-state index in [0.717, 1.165) is 51.4 Å². The van der Waals surface area contributed by atoms with Crippen LogP contribution in [-0.4, -0.2) is 140 Å². The number of hydrogen-bond donors (Lipinski definition) is 9. The molecule has 14 nitrogen and oxygen atoms in total. The fraction of sp³-hybridized carbons (Fsp3) is 0.862. The summed E-state index contributed by atoms with van der Waals surface area (Å²) < 4.78 is 22.8. The van der Waals surface area contributed by atoms with E-state index >= 15 is 0 Å². The molecule has 0 aliphatic carbocycles. The van der Waals surface area contributed by atoms with Gasteiger partial charge in [0.1, 0.15) is 48.8 Å². The molecule has 0 radical (unpaired) electrons. The summed E-state index contributed by atoms with van der Waals surface area (Å²) in [5, 5.41) is 87.2. The van der Waals surface area contributed by atoms with Crippen LogP contribution in [0.2, 0.25) is 0 Å². The van der Waals surface area contributed by atoms with E-state index in [9.17, 15) is 45.6 Å². The molecule has 2 rings (SSSR count). The molecule has 2 saturated heterocycles. The average molecular weight is 1120 g/mol. The first-order valence-corrected chi connectivity index (χ1v) is 32.4. The van der Waals surface area contributed by atoms with Crippen LogP contribution in [-0.2, 0) is 23.7 Å². The summed E-state index contributed by atoms with van der Waals surface area (Å²) in [6.07, 6.45) is 47.4. The average Bonchev–Trinajstić information content (AvgIpc) is 3.45. The van der Waals surface area contributed by atoms with Crippen molar-refractivity contribution in [2.75, 3.05) is 19.8 Å². The summed E-state index contributed by atoms with van der Waals surface area (Å²) in [6.45, 7) is 2.71. The van der Waals surface area contributed by atoms with Crippen LogP contribution >= 0.6 is 0 Å². The number of hydrogen-bond acceptors (Lipinski definition) is 13. The molecular formula is C65H119NO13. The highest BCUT2D eigenvalue weighted by molar-refractivity contribution is 5.76. The predicted molar refractivity (Wildman–Crippen MR) is 318 cm³/mol. The highest BCUT2D eigenvalue weighted by Gasteiger charge is 2.51. The predicted octanol–water partition coefficient (Wildman–Crippen LogP) is 12.0. The van der Waals surface area contributed by atoms with Crippen molar-refractivity contribution >= 4 is 5.91 Å². The summed E-state index contributed by atoms with van der Waals surface area (Å²) in [5.74, 6) is -0.285. The van der Waals surface area contributed by atoms with E-state index in [1.165, 1.54) is 180 Å². The molecule has 0 saturated carbocycles. The number of nitrogens with one attached hydrogen (secondary N) is 1. The van der Waals surface area contributed by atoms with E-state index in [2.05, 4.69) is 55.6 Å². The molecule has 2 aliphatic heterocycles. The Morgan fingerprint density at radius 3 is 1.27 bits per heavy atom. The van der Waals surface area contributed by atoms with Crippen molar-refractivity contribution < 1.29 is 64.6 Å². The second kappa shape index (κ2) is 50.5. The molecule has 2 aliphatic rings. The first-order chi connectivity index (χ1) is 38.6. The standard InChI is InChI=1S/C65H119NO13/c1-3-5-7-9-11-13-15-17-18-19-20-21-22-23-24-25-26-27-28-29-30-31-32-33-34-35-37-38-40-42-44-46-48-54(69)53(66-57(70)49-47-45-43-41-39-36-16-14-12-10-8-6-4-2)52-76-64-62(75)60(73)63(56(51-68)78-64)79-65-61(74)59(72)58(71)55(50-67)77-65/h6,8,12,14,36,39,43,45,53-56,58-65,67-69,71-75H,3-5,7,9-11,13,15-35,37-38,40-42,44,46-52H2,1-2H3,(H,66,70)/b8-6-,14-12-,39-36-,45-43-. The van der Waals surface area contributed by atoms with E-state index in [-0.39, 0.29) is 18.9 Å². The number of ether oxygens (including phenoxy) is 4. The SMILES string of the molecule is CC/C=C\C/C=C\C/C=C\C/C=C\CCC(=O)NC(COC1OC(CO)C(OC2OC(CO)C(O)C(O)C2O)C(O)C1O)C(O)CCCCCCCCCCCCCCCCCCCCCCCCCCCCCCCCCC. The molecule has 14 heteroatoms. The summed E-state index contributed by atoms with van der Waals surface area (Å²) in [4.78, 5) is 13.2. The Morgan fingerprint density at radius 2 is 0.848 bits per heavy atom. The third-order valence-corrected chi connectivity index (χ3v) is 15.8. The van der Waals surface area contributed by atoms with Crippen molar-refractivity contribution in [3.63, 3.8) is 0 Å². The van der Waals surface area contributed by atoms with Crippen LogP contribution in [0, 0.1) is 0 Å². The lowest BCUT2D eigenvalue weighted by atomic mass is 9.97. The van der Waals surface area contributed by atoms with Gasteiger partial charge in [0.15, 0.2) is 12.6 Å². The van der Waals surface area contributed by atoms with Gasteiger partial charge in [-0.15, -0.1) is 0 Å². The van der Waals surface area contributed by atoms with Crippen molar-refractivity contribution in [1.29, 1.82) is 0 Å². The molecule has 1 amide bonds. The Morgan fingerprint density at radius 1 is 0.468 bits per heavy atom. The molecule has 9 N–H and O–H groups in total. The van der Waals surface area contributed by atoms with Crippen molar-refractivity contribution in [3.05, 3.63) is 48.6 Å². The summed E-state index contributed by atoms with van der Waals surface area (Å²) in [6, 6.07) is -0.869. The molecule has 0 aromatic heterocycles. The van der Waals surface area contributed by atoms with E-state index in [1.807, 2.05) is 12.2 Å². The van der Waals surface area contributed by atoms with Crippen LogP contribution in [0.15, 0.2) is 48.6 Å². The number of aliphatic hydroxyl groups excluding tert-OH is 8. The zero-order valence-corrected chi connectivity index (χ0v) is 49.9. The fourth-order valence-electron chi connectivity index (χ4n) is 10.7. The highest BCUT2D eigenvalue weighted by Crippen LogP contribution is 2.30. The lowest BCUT2D eigenvalue weighted by molar-refractivity contribution is -0.359. The van der Waals surface area contributed by atoms with Gasteiger partial charge in [0.05, 0.1) is 32.0 Å². The Balaban J connectivity index is 1.64. The summed E-state index contributed by atoms with van der Waals surface area (Å²) in [5.41, 5.74) is 0. The number of amides is 1. The Bertz CT molecular complexity index is 1510. The number of allylic oxidation sites excluding steroid dienone is 8. The largest absolute Gasteiger partial charge is 0.394 e. The van der Waals surface area contributed by atoms with Crippen LogP contribution in [0.1, 0.15) is 264 Å². The number of carbonyl (C=O) groups excluding carboxylic acids is 1. The molecule has 0 aromatic rings. The Kier molecular flexibility index (Phi) is 46.7.